The second-order valence-electron chi connectivity index (χ2n) is 8.87. The monoisotopic (exact) mass is 421 g/mol. The molecule has 0 heterocycles. The Bertz CT molecular complexity index is 774. The largest absolute Gasteiger partial charge is 0.494 e. The lowest BCUT2D eigenvalue weighted by Crippen LogP contribution is -2.60. The summed E-state index contributed by atoms with van der Waals surface area (Å²) in [5.41, 5.74) is 7.81. The predicted molar refractivity (Wildman–Crippen MR) is 104 cm³/mol. The van der Waals surface area contributed by atoms with E-state index in [-0.39, 0.29) is 18.6 Å². The van der Waals surface area contributed by atoms with Crippen LogP contribution in [0, 0.1) is 43.9 Å². The molecular weight excluding hydrogens is 394 g/mol. The van der Waals surface area contributed by atoms with Crippen LogP contribution in [-0.4, -0.2) is 29.5 Å². The quantitative estimate of drug-likeness (QED) is 0.449. The van der Waals surface area contributed by atoms with E-state index in [9.17, 15) is 20.2 Å². The van der Waals surface area contributed by atoms with E-state index in [2.05, 4.69) is 15.7 Å². The van der Waals surface area contributed by atoms with Crippen LogP contribution >= 0.6 is 0 Å². The molecule has 0 radical (unpaired) electrons. The van der Waals surface area contributed by atoms with E-state index < -0.39 is 22.9 Å². The average molecular weight is 421 g/mol. The van der Waals surface area contributed by atoms with Crippen molar-refractivity contribution in [3.8, 4) is 5.75 Å². The van der Waals surface area contributed by atoms with E-state index in [1.54, 1.807) is 0 Å². The summed E-state index contributed by atoms with van der Waals surface area (Å²) in [4.78, 5) is 29.5. The predicted octanol–water partition coefficient (Wildman–Crippen LogP) is 2.85. The first kappa shape index (κ1) is 20.6. The number of nitrogens with zero attached hydrogens (tertiary/aromatic N) is 2. The first-order chi connectivity index (χ1) is 14.3. The molecule has 4 saturated carbocycles. The lowest BCUT2D eigenvalue weighted by molar-refractivity contribution is -0.790. The van der Waals surface area contributed by atoms with Crippen molar-refractivity contribution in [1.29, 1.82) is 0 Å². The highest BCUT2D eigenvalue weighted by molar-refractivity contribution is 5.36. The summed E-state index contributed by atoms with van der Waals surface area (Å²) in [6, 6.07) is 7.78. The molecule has 1 aromatic rings. The zero-order valence-corrected chi connectivity index (χ0v) is 16.7. The summed E-state index contributed by atoms with van der Waals surface area (Å²) in [6.07, 6.45) is 5.14. The zero-order chi connectivity index (χ0) is 21.3. The van der Waals surface area contributed by atoms with Gasteiger partial charge in [-0.3, -0.25) is 0 Å². The fourth-order valence-corrected chi connectivity index (χ4v) is 6.03. The molecule has 4 fully saturated rings. The van der Waals surface area contributed by atoms with Gasteiger partial charge in [0.2, 0.25) is 0 Å². The van der Waals surface area contributed by atoms with Gasteiger partial charge in [-0.15, -0.1) is 20.2 Å². The number of hydrogen-bond donors (Lipinski definition) is 1. The van der Waals surface area contributed by atoms with Crippen LogP contribution in [0.1, 0.15) is 44.1 Å². The summed E-state index contributed by atoms with van der Waals surface area (Å²) in [6.45, 7) is -0.438. The number of rotatable bonds is 10. The number of nitrogens with two attached hydrogens (primary N) is 1. The number of benzene rings is 1. The summed E-state index contributed by atoms with van der Waals surface area (Å²) in [5, 5.41) is 18.9. The second-order valence-corrected chi connectivity index (χ2v) is 8.87. The highest BCUT2D eigenvalue weighted by atomic mass is 17.0. The summed E-state index contributed by atoms with van der Waals surface area (Å²) < 4.78 is 5.77. The van der Waals surface area contributed by atoms with Gasteiger partial charge in [0.25, 0.3) is 10.2 Å². The van der Waals surface area contributed by atoms with Crippen LogP contribution in [0.2, 0.25) is 0 Å². The van der Waals surface area contributed by atoms with Gasteiger partial charge < -0.3 is 20.1 Å². The Balaban J connectivity index is 1.39. The average Bonchev–Trinajstić information content (AvgIpc) is 2.69. The van der Waals surface area contributed by atoms with Crippen LogP contribution in [0.25, 0.3) is 0 Å². The number of hydrogen-bond acceptors (Lipinski definition) is 8. The third-order valence-electron chi connectivity index (χ3n) is 7.13. The van der Waals surface area contributed by atoms with Gasteiger partial charge in [-0.05, 0) is 73.5 Å². The van der Waals surface area contributed by atoms with E-state index in [0.29, 0.717) is 17.6 Å². The molecule has 4 aliphatic carbocycles. The molecule has 1 atom stereocenters. The molecule has 0 spiro atoms. The zero-order valence-electron chi connectivity index (χ0n) is 16.7. The fraction of sp³-hybridized carbons (Fsp3) is 0.700. The van der Waals surface area contributed by atoms with Gasteiger partial charge in [-0.2, -0.15) is 0 Å². The van der Waals surface area contributed by atoms with Crippen LogP contribution in [-0.2, 0) is 15.2 Å². The van der Waals surface area contributed by atoms with E-state index >= 15 is 0 Å². The maximum atomic E-state index is 10.6. The SMILES string of the molecule is NC1(c2cccc(OCCC(CO[N+](=O)[O-])O[N+](=O)[O-])c2)C2CC3CC(C2)CC1C3. The smallest absolute Gasteiger partial charge is 0.294 e. The van der Waals surface area contributed by atoms with Crippen molar-refractivity contribution >= 4 is 0 Å². The third-order valence-corrected chi connectivity index (χ3v) is 7.13. The van der Waals surface area contributed by atoms with Crippen molar-refractivity contribution in [2.24, 2.45) is 29.4 Å². The van der Waals surface area contributed by atoms with Crippen LogP contribution in [0.5, 0.6) is 5.75 Å². The summed E-state index contributed by atoms with van der Waals surface area (Å²) in [7, 11) is 0. The van der Waals surface area contributed by atoms with Crippen molar-refractivity contribution in [2.75, 3.05) is 13.2 Å². The molecule has 4 aliphatic rings. The van der Waals surface area contributed by atoms with E-state index in [0.717, 1.165) is 17.4 Å². The molecule has 1 unspecified atom stereocenters. The molecule has 10 heteroatoms. The van der Waals surface area contributed by atoms with E-state index in [1.807, 2.05) is 18.2 Å². The van der Waals surface area contributed by atoms with Gasteiger partial charge in [-0.25, -0.2) is 0 Å². The molecule has 0 aliphatic heterocycles. The van der Waals surface area contributed by atoms with E-state index in [1.165, 1.54) is 32.1 Å². The van der Waals surface area contributed by atoms with Gasteiger partial charge in [0, 0.05) is 12.0 Å². The van der Waals surface area contributed by atoms with Gasteiger partial charge >= 0.3 is 0 Å². The molecule has 30 heavy (non-hydrogen) atoms. The molecule has 10 nitrogen and oxygen atoms in total. The highest BCUT2D eigenvalue weighted by Gasteiger charge is 2.56. The van der Waals surface area contributed by atoms with Crippen molar-refractivity contribution < 1.29 is 24.6 Å². The molecule has 0 aromatic heterocycles. The summed E-state index contributed by atoms with van der Waals surface area (Å²) in [5.74, 6) is 3.27. The van der Waals surface area contributed by atoms with Crippen LogP contribution in [0.4, 0.5) is 0 Å². The standard InChI is InChI=1S/C20H27N3O7/c21-20(16-7-13-6-14(9-16)10-17(20)8-13)15-2-1-3-18(11-15)28-5-4-19(30-23(26)27)12-29-22(24)25/h1-3,11,13-14,16-17,19H,4-10,12,21H2. The molecule has 0 saturated heterocycles. The second kappa shape index (κ2) is 8.25. The molecule has 4 bridgehead atoms. The Morgan fingerprint density at radius 3 is 2.33 bits per heavy atom. The van der Waals surface area contributed by atoms with Crippen LogP contribution in [0.3, 0.4) is 0 Å². The van der Waals surface area contributed by atoms with Gasteiger partial charge in [0.05, 0.1) is 6.61 Å². The fourth-order valence-electron chi connectivity index (χ4n) is 6.03. The normalized spacial score (nSPS) is 32.4. The van der Waals surface area contributed by atoms with Crippen molar-refractivity contribution in [3.63, 3.8) is 0 Å². The first-order valence-electron chi connectivity index (χ1n) is 10.4. The van der Waals surface area contributed by atoms with Gasteiger partial charge in [0.15, 0.2) is 0 Å². The van der Waals surface area contributed by atoms with Crippen LogP contribution < -0.4 is 10.5 Å². The van der Waals surface area contributed by atoms with Crippen molar-refractivity contribution in [3.05, 3.63) is 50.1 Å². The Kier molecular flexibility index (Phi) is 5.68. The molecule has 1 aromatic carbocycles. The topological polar surface area (TPSA) is 140 Å². The van der Waals surface area contributed by atoms with Crippen molar-refractivity contribution in [1.82, 2.24) is 0 Å². The van der Waals surface area contributed by atoms with E-state index in [4.69, 9.17) is 10.5 Å². The Labute approximate surface area is 173 Å². The maximum absolute atomic E-state index is 10.6. The summed E-state index contributed by atoms with van der Waals surface area (Å²) >= 11 is 0. The third kappa shape index (κ3) is 4.14. The minimum absolute atomic E-state index is 0.0709. The molecule has 0 amide bonds. The van der Waals surface area contributed by atoms with Gasteiger partial charge in [-0.1, -0.05) is 12.1 Å². The lowest BCUT2D eigenvalue weighted by atomic mass is 9.47. The highest BCUT2D eigenvalue weighted by Crippen LogP contribution is 2.60. The minimum atomic E-state index is -1.08. The molecule has 164 valence electrons. The lowest BCUT2D eigenvalue weighted by Gasteiger charge is -2.60. The molecular formula is C20H27N3O7. The molecule has 5 rings (SSSR count). The number of ether oxygens (including phenoxy) is 1. The first-order valence-corrected chi connectivity index (χ1v) is 10.4. The Hall–Kier alpha value is -2.62. The minimum Gasteiger partial charge on any atom is -0.494 e. The van der Waals surface area contributed by atoms with Gasteiger partial charge in [0.1, 0.15) is 18.5 Å². The Morgan fingerprint density at radius 2 is 1.73 bits per heavy atom. The maximum Gasteiger partial charge on any atom is 0.294 e. The Morgan fingerprint density at radius 1 is 1.07 bits per heavy atom. The van der Waals surface area contributed by atoms with Crippen LogP contribution in [0.15, 0.2) is 24.3 Å². The molecule has 2 N–H and O–H groups in total. The van der Waals surface area contributed by atoms with Crippen molar-refractivity contribution in [2.45, 2.75) is 50.2 Å².